The molecule has 16 heavy (non-hydrogen) atoms. The second-order valence-corrected chi connectivity index (χ2v) is 5.32. The lowest BCUT2D eigenvalue weighted by Crippen LogP contribution is -2.23. The summed E-state index contributed by atoms with van der Waals surface area (Å²) in [6.45, 7) is 7.08. The standard InChI is InChI=1S/C14H21NO/c1-14(2,3)10-9-13(16)15-11-12-7-5-4-6-8-12/h4-8H,9-11H2,1-3H3,(H,15,16). The first-order valence-electron chi connectivity index (χ1n) is 5.78. The van der Waals surface area contributed by atoms with Crippen LogP contribution in [0.2, 0.25) is 0 Å². The molecule has 0 bridgehead atoms. The molecule has 0 aliphatic heterocycles. The van der Waals surface area contributed by atoms with Crippen LogP contribution in [0.5, 0.6) is 0 Å². The SMILES string of the molecule is CC(C)(C)CCC(=O)NCc1ccccc1. The highest BCUT2D eigenvalue weighted by atomic mass is 16.1. The van der Waals surface area contributed by atoms with Crippen LogP contribution in [0.1, 0.15) is 39.2 Å². The van der Waals surface area contributed by atoms with Gasteiger partial charge in [0.25, 0.3) is 0 Å². The van der Waals surface area contributed by atoms with Crippen molar-refractivity contribution in [2.45, 2.75) is 40.2 Å². The van der Waals surface area contributed by atoms with Crippen LogP contribution in [-0.4, -0.2) is 5.91 Å². The second-order valence-electron chi connectivity index (χ2n) is 5.32. The van der Waals surface area contributed by atoms with E-state index < -0.39 is 0 Å². The van der Waals surface area contributed by atoms with Crippen molar-refractivity contribution < 1.29 is 4.79 Å². The van der Waals surface area contributed by atoms with Gasteiger partial charge in [-0.1, -0.05) is 51.1 Å². The molecule has 1 aromatic rings. The van der Waals surface area contributed by atoms with Crippen molar-refractivity contribution in [3.63, 3.8) is 0 Å². The van der Waals surface area contributed by atoms with Crippen molar-refractivity contribution in [2.75, 3.05) is 0 Å². The van der Waals surface area contributed by atoms with Gasteiger partial charge < -0.3 is 5.32 Å². The van der Waals surface area contributed by atoms with Gasteiger partial charge in [-0.2, -0.15) is 0 Å². The summed E-state index contributed by atoms with van der Waals surface area (Å²) in [6, 6.07) is 9.98. The fourth-order valence-corrected chi connectivity index (χ4v) is 1.37. The summed E-state index contributed by atoms with van der Waals surface area (Å²) in [7, 11) is 0. The van der Waals surface area contributed by atoms with E-state index in [0.717, 1.165) is 12.0 Å². The molecule has 0 fully saturated rings. The number of hydrogen-bond acceptors (Lipinski definition) is 1. The summed E-state index contributed by atoms with van der Waals surface area (Å²) < 4.78 is 0. The van der Waals surface area contributed by atoms with Crippen LogP contribution < -0.4 is 5.32 Å². The van der Waals surface area contributed by atoms with Gasteiger partial charge in [0, 0.05) is 13.0 Å². The van der Waals surface area contributed by atoms with Gasteiger partial charge in [0.05, 0.1) is 0 Å². The van der Waals surface area contributed by atoms with Crippen molar-refractivity contribution in [2.24, 2.45) is 5.41 Å². The van der Waals surface area contributed by atoms with Crippen LogP contribution in [0, 0.1) is 5.41 Å². The molecule has 1 amide bonds. The lowest BCUT2D eigenvalue weighted by atomic mass is 9.90. The van der Waals surface area contributed by atoms with Crippen LogP contribution in [0.25, 0.3) is 0 Å². The second kappa shape index (κ2) is 5.69. The van der Waals surface area contributed by atoms with E-state index in [1.807, 2.05) is 30.3 Å². The zero-order valence-electron chi connectivity index (χ0n) is 10.4. The van der Waals surface area contributed by atoms with Crippen LogP contribution in [0.15, 0.2) is 30.3 Å². The Morgan fingerprint density at radius 3 is 2.38 bits per heavy atom. The Kier molecular flexibility index (Phi) is 4.53. The summed E-state index contributed by atoms with van der Waals surface area (Å²) in [4.78, 5) is 11.6. The minimum absolute atomic E-state index is 0.138. The molecule has 1 aromatic carbocycles. The van der Waals surface area contributed by atoms with E-state index in [-0.39, 0.29) is 11.3 Å². The van der Waals surface area contributed by atoms with Crippen molar-refractivity contribution >= 4 is 5.91 Å². The van der Waals surface area contributed by atoms with Crippen molar-refractivity contribution in [1.82, 2.24) is 5.32 Å². The summed E-state index contributed by atoms with van der Waals surface area (Å²) in [6.07, 6.45) is 1.53. The molecule has 0 heterocycles. The Hall–Kier alpha value is -1.31. The van der Waals surface area contributed by atoms with E-state index >= 15 is 0 Å². The Morgan fingerprint density at radius 2 is 1.81 bits per heavy atom. The van der Waals surface area contributed by atoms with Crippen molar-refractivity contribution in [1.29, 1.82) is 0 Å². The maximum absolute atomic E-state index is 11.6. The molecule has 88 valence electrons. The van der Waals surface area contributed by atoms with E-state index in [2.05, 4.69) is 26.1 Å². The highest BCUT2D eigenvalue weighted by Gasteiger charge is 2.12. The maximum atomic E-state index is 11.6. The largest absolute Gasteiger partial charge is 0.352 e. The minimum atomic E-state index is 0.138. The average Bonchev–Trinajstić information content (AvgIpc) is 2.24. The number of hydrogen-bond donors (Lipinski definition) is 1. The highest BCUT2D eigenvalue weighted by molar-refractivity contribution is 5.75. The fourth-order valence-electron chi connectivity index (χ4n) is 1.37. The van der Waals surface area contributed by atoms with Gasteiger partial charge in [-0.3, -0.25) is 4.79 Å². The zero-order valence-corrected chi connectivity index (χ0v) is 10.4. The van der Waals surface area contributed by atoms with Gasteiger partial charge >= 0.3 is 0 Å². The van der Waals surface area contributed by atoms with E-state index in [0.29, 0.717) is 13.0 Å². The summed E-state index contributed by atoms with van der Waals surface area (Å²) in [5.74, 6) is 0.138. The molecule has 0 aliphatic rings. The normalized spacial score (nSPS) is 11.2. The molecule has 0 aromatic heterocycles. The van der Waals surface area contributed by atoms with Crippen molar-refractivity contribution in [3.05, 3.63) is 35.9 Å². The van der Waals surface area contributed by atoms with E-state index in [4.69, 9.17) is 0 Å². The molecule has 0 unspecified atom stereocenters. The maximum Gasteiger partial charge on any atom is 0.220 e. The summed E-state index contributed by atoms with van der Waals surface area (Å²) >= 11 is 0. The lowest BCUT2D eigenvalue weighted by Gasteiger charge is -2.17. The third kappa shape index (κ3) is 5.54. The van der Waals surface area contributed by atoms with E-state index in [9.17, 15) is 4.79 Å². The number of carbonyl (C=O) groups excluding carboxylic acids is 1. The first-order chi connectivity index (χ1) is 7.47. The third-order valence-corrected chi connectivity index (χ3v) is 2.43. The Balaban J connectivity index is 2.26. The first kappa shape index (κ1) is 12.8. The molecule has 1 N–H and O–H groups in total. The van der Waals surface area contributed by atoms with Crippen LogP contribution in [0.4, 0.5) is 0 Å². The van der Waals surface area contributed by atoms with Gasteiger partial charge in [-0.05, 0) is 17.4 Å². The van der Waals surface area contributed by atoms with Crippen molar-refractivity contribution in [3.8, 4) is 0 Å². The molecular weight excluding hydrogens is 198 g/mol. The van der Waals surface area contributed by atoms with Gasteiger partial charge in [-0.15, -0.1) is 0 Å². The predicted molar refractivity (Wildman–Crippen MR) is 67.0 cm³/mol. The lowest BCUT2D eigenvalue weighted by molar-refractivity contribution is -0.121. The molecule has 0 saturated heterocycles. The van der Waals surface area contributed by atoms with Crippen LogP contribution >= 0.6 is 0 Å². The Labute approximate surface area is 98.1 Å². The summed E-state index contributed by atoms with van der Waals surface area (Å²) in [5.41, 5.74) is 1.37. The predicted octanol–water partition coefficient (Wildman–Crippen LogP) is 3.13. The Bertz CT molecular complexity index is 324. The molecule has 2 nitrogen and oxygen atoms in total. The topological polar surface area (TPSA) is 29.1 Å². The van der Waals surface area contributed by atoms with Gasteiger partial charge in [0.2, 0.25) is 5.91 Å². The first-order valence-corrected chi connectivity index (χ1v) is 5.78. The molecule has 0 saturated carbocycles. The highest BCUT2D eigenvalue weighted by Crippen LogP contribution is 2.20. The number of amides is 1. The monoisotopic (exact) mass is 219 g/mol. The van der Waals surface area contributed by atoms with Crippen LogP contribution in [-0.2, 0) is 11.3 Å². The number of benzene rings is 1. The molecule has 2 heteroatoms. The molecule has 1 rings (SSSR count). The molecule has 0 atom stereocenters. The molecular formula is C14H21NO. The zero-order chi connectivity index (χ0) is 12.0. The molecule has 0 aliphatic carbocycles. The van der Waals surface area contributed by atoms with Crippen LogP contribution in [0.3, 0.4) is 0 Å². The molecule has 0 radical (unpaired) electrons. The quantitative estimate of drug-likeness (QED) is 0.828. The minimum Gasteiger partial charge on any atom is -0.352 e. The molecule has 0 spiro atoms. The van der Waals surface area contributed by atoms with E-state index in [1.54, 1.807) is 0 Å². The number of nitrogens with one attached hydrogen (secondary N) is 1. The third-order valence-electron chi connectivity index (χ3n) is 2.43. The summed E-state index contributed by atoms with van der Waals surface area (Å²) in [5, 5.41) is 2.93. The fraction of sp³-hybridized carbons (Fsp3) is 0.500. The van der Waals surface area contributed by atoms with E-state index in [1.165, 1.54) is 0 Å². The smallest absolute Gasteiger partial charge is 0.220 e. The Morgan fingerprint density at radius 1 is 1.19 bits per heavy atom. The van der Waals surface area contributed by atoms with Gasteiger partial charge in [-0.25, -0.2) is 0 Å². The van der Waals surface area contributed by atoms with Gasteiger partial charge in [0.15, 0.2) is 0 Å². The number of carbonyl (C=O) groups is 1. The van der Waals surface area contributed by atoms with Gasteiger partial charge in [0.1, 0.15) is 0 Å². The number of rotatable bonds is 4. The average molecular weight is 219 g/mol.